The number of hydrogen-bond donors (Lipinski definition) is 3. The number of hydrogen-bond acceptors (Lipinski definition) is 5. The monoisotopic (exact) mass is 340 g/mol. The number of nitrogens with one attached hydrogen (secondary N) is 3. The second kappa shape index (κ2) is 7.61. The predicted octanol–water partition coefficient (Wildman–Crippen LogP) is 2.07. The summed E-state index contributed by atoms with van der Waals surface area (Å²) in [7, 11) is 0. The van der Waals surface area contributed by atoms with E-state index in [4.69, 9.17) is 0 Å². The number of nitro benzene ring substituents is 1. The third-order valence-corrected chi connectivity index (χ3v) is 4.07. The lowest BCUT2D eigenvalue weighted by Gasteiger charge is -2.23. The highest BCUT2D eigenvalue weighted by atomic mass is 35.5. The summed E-state index contributed by atoms with van der Waals surface area (Å²) in [4.78, 5) is 23.0. The first-order chi connectivity index (χ1) is 10.6. The number of carbonyl (C=O) groups excluding carboxylic acids is 1. The number of benzene rings is 1. The highest BCUT2D eigenvalue weighted by Gasteiger charge is 2.26. The molecule has 0 aromatic heterocycles. The number of amides is 1. The molecule has 0 radical (unpaired) electrons. The molecular weight excluding hydrogens is 320 g/mol. The van der Waals surface area contributed by atoms with Crippen LogP contribution in [0.3, 0.4) is 0 Å². The Balaban J connectivity index is 0.00000192. The number of nitro groups is 1. The second-order valence-electron chi connectivity index (χ2n) is 5.91. The molecule has 0 unspecified atom stereocenters. The van der Waals surface area contributed by atoms with E-state index in [1.54, 1.807) is 12.1 Å². The molecular formula is C15H21ClN4O3. The van der Waals surface area contributed by atoms with E-state index in [9.17, 15) is 14.9 Å². The van der Waals surface area contributed by atoms with Crippen molar-refractivity contribution in [2.24, 2.45) is 0 Å². The smallest absolute Gasteiger partial charge is 0.293 e. The number of anilines is 1. The van der Waals surface area contributed by atoms with Gasteiger partial charge in [0.1, 0.15) is 5.69 Å². The molecule has 1 saturated heterocycles. The van der Waals surface area contributed by atoms with Gasteiger partial charge in [0.2, 0.25) is 0 Å². The van der Waals surface area contributed by atoms with E-state index < -0.39 is 4.92 Å². The molecule has 1 saturated carbocycles. The van der Waals surface area contributed by atoms with Crippen LogP contribution in [0.2, 0.25) is 0 Å². The maximum atomic E-state index is 12.3. The Bertz CT molecular complexity index is 586. The van der Waals surface area contributed by atoms with Gasteiger partial charge in [-0.3, -0.25) is 14.9 Å². The summed E-state index contributed by atoms with van der Waals surface area (Å²) in [6.45, 7) is 1.77. The number of rotatable bonds is 5. The highest BCUT2D eigenvalue weighted by molar-refractivity contribution is 5.96. The van der Waals surface area contributed by atoms with Crippen LogP contribution in [0.5, 0.6) is 0 Å². The first-order valence-corrected chi connectivity index (χ1v) is 7.70. The van der Waals surface area contributed by atoms with Crippen molar-refractivity contribution < 1.29 is 9.72 Å². The molecule has 2 fully saturated rings. The van der Waals surface area contributed by atoms with Gasteiger partial charge in [-0.05, 0) is 50.9 Å². The van der Waals surface area contributed by atoms with Crippen molar-refractivity contribution in [3.05, 3.63) is 33.9 Å². The van der Waals surface area contributed by atoms with Gasteiger partial charge in [-0.15, -0.1) is 12.4 Å². The number of halogens is 1. The number of nitrogens with zero attached hydrogens (tertiary/aromatic N) is 1. The molecule has 8 heteroatoms. The Kier molecular flexibility index (Phi) is 5.79. The molecule has 1 aliphatic carbocycles. The van der Waals surface area contributed by atoms with Crippen LogP contribution in [0.25, 0.3) is 0 Å². The van der Waals surface area contributed by atoms with E-state index in [0.717, 1.165) is 38.8 Å². The molecule has 2 aliphatic rings. The molecule has 0 spiro atoms. The van der Waals surface area contributed by atoms with Gasteiger partial charge in [0.25, 0.3) is 11.6 Å². The van der Waals surface area contributed by atoms with E-state index in [0.29, 0.717) is 17.3 Å². The molecule has 7 nitrogen and oxygen atoms in total. The van der Waals surface area contributed by atoms with Gasteiger partial charge in [-0.2, -0.15) is 0 Å². The molecule has 1 amide bonds. The second-order valence-corrected chi connectivity index (χ2v) is 5.91. The largest absolute Gasteiger partial charge is 0.377 e. The van der Waals surface area contributed by atoms with Crippen molar-refractivity contribution in [1.29, 1.82) is 0 Å². The maximum Gasteiger partial charge on any atom is 0.293 e. The summed E-state index contributed by atoms with van der Waals surface area (Å²) < 4.78 is 0. The Morgan fingerprint density at radius 1 is 1.17 bits per heavy atom. The van der Waals surface area contributed by atoms with Crippen molar-refractivity contribution >= 4 is 29.7 Å². The van der Waals surface area contributed by atoms with Crippen molar-refractivity contribution in [1.82, 2.24) is 10.6 Å². The lowest BCUT2D eigenvalue weighted by molar-refractivity contribution is -0.384. The summed E-state index contributed by atoms with van der Waals surface area (Å²) in [5, 5.41) is 20.5. The summed E-state index contributed by atoms with van der Waals surface area (Å²) in [6, 6.07) is 5.11. The molecule has 126 valence electrons. The fourth-order valence-electron chi connectivity index (χ4n) is 2.63. The SMILES string of the molecule is Cl.O=C(NC1CCNCC1)c1ccc(NC2CC2)c([N+](=O)[O-])c1. The molecule has 3 rings (SSSR count). The van der Waals surface area contributed by atoms with Gasteiger partial charge >= 0.3 is 0 Å². The van der Waals surface area contributed by atoms with Crippen LogP contribution in [0.4, 0.5) is 11.4 Å². The van der Waals surface area contributed by atoms with Gasteiger partial charge in [0.05, 0.1) is 4.92 Å². The third kappa shape index (κ3) is 4.56. The quantitative estimate of drug-likeness (QED) is 0.563. The van der Waals surface area contributed by atoms with Crippen LogP contribution in [0, 0.1) is 10.1 Å². The normalized spacial score (nSPS) is 17.9. The summed E-state index contributed by atoms with van der Waals surface area (Å²) in [5.41, 5.74) is 0.794. The zero-order valence-corrected chi connectivity index (χ0v) is 13.5. The van der Waals surface area contributed by atoms with E-state index in [1.165, 1.54) is 6.07 Å². The fourth-order valence-corrected chi connectivity index (χ4v) is 2.63. The Hall–Kier alpha value is -1.86. The minimum atomic E-state index is -0.438. The zero-order valence-electron chi connectivity index (χ0n) is 12.7. The Morgan fingerprint density at radius 2 is 1.87 bits per heavy atom. The van der Waals surface area contributed by atoms with E-state index in [2.05, 4.69) is 16.0 Å². The van der Waals surface area contributed by atoms with Crippen LogP contribution in [0.15, 0.2) is 18.2 Å². The lowest BCUT2D eigenvalue weighted by atomic mass is 10.1. The zero-order chi connectivity index (χ0) is 15.5. The summed E-state index contributed by atoms with van der Waals surface area (Å²) >= 11 is 0. The Morgan fingerprint density at radius 3 is 2.48 bits per heavy atom. The summed E-state index contributed by atoms with van der Waals surface area (Å²) in [5.74, 6) is -0.243. The van der Waals surface area contributed by atoms with Crippen molar-refractivity contribution in [2.75, 3.05) is 18.4 Å². The van der Waals surface area contributed by atoms with Crippen LogP contribution in [0.1, 0.15) is 36.0 Å². The molecule has 23 heavy (non-hydrogen) atoms. The first kappa shape index (κ1) is 17.5. The van der Waals surface area contributed by atoms with Gasteiger partial charge in [0, 0.05) is 23.7 Å². The number of piperidine rings is 1. The van der Waals surface area contributed by atoms with Gasteiger partial charge in [-0.25, -0.2) is 0 Å². The van der Waals surface area contributed by atoms with Crippen molar-refractivity contribution in [3.63, 3.8) is 0 Å². The van der Waals surface area contributed by atoms with E-state index >= 15 is 0 Å². The van der Waals surface area contributed by atoms with E-state index in [-0.39, 0.29) is 30.0 Å². The highest BCUT2D eigenvalue weighted by Crippen LogP contribution is 2.31. The standard InChI is InChI=1S/C15H20N4O3.ClH/c20-15(18-12-5-7-16-8-6-12)10-1-4-13(17-11-2-3-11)14(9-10)19(21)22;/h1,4,9,11-12,16-17H,2-3,5-8H2,(H,18,20);1H. The van der Waals surface area contributed by atoms with Crippen LogP contribution in [-0.4, -0.2) is 36.0 Å². The number of carbonyl (C=O) groups is 1. The molecule has 3 N–H and O–H groups in total. The average Bonchev–Trinajstić information content (AvgIpc) is 3.32. The Labute approximate surface area is 140 Å². The first-order valence-electron chi connectivity index (χ1n) is 7.70. The maximum absolute atomic E-state index is 12.3. The molecule has 1 aromatic carbocycles. The van der Waals surface area contributed by atoms with Crippen LogP contribution >= 0.6 is 12.4 Å². The van der Waals surface area contributed by atoms with E-state index in [1.807, 2.05) is 0 Å². The third-order valence-electron chi connectivity index (χ3n) is 4.07. The molecule has 0 bridgehead atoms. The van der Waals surface area contributed by atoms with Crippen LogP contribution in [-0.2, 0) is 0 Å². The molecule has 1 heterocycles. The van der Waals surface area contributed by atoms with Gasteiger partial charge < -0.3 is 16.0 Å². The molecule has 1 aromatic rings. The lowest BCUT2D eigenvalue weighted by Crippen LogP contribution is -2.42. The molecule has 0 atom stereocenters. The molecule has 1 aliphatic heterocycles. The predicted molar refractivity (Wildman–Crippen MR) is 90.3 cm³/mol. The summed E-state index contributed by atoms with van der Waals surface area (Å²) in [6.07, 6.45) is 3.84. The fraction of sp³-hybridized carbons (Fsp3) is 0.533. The minimum absolute atomic E-state index is 0. The average molecular weight is 341 g/mol. The van der Waals surface area contributed by atoms with Gasteiger partial charge in [-0.1, -0.05) is 0 Å². The van der Waals surface area contributed by atoms with Crippen molar-refractivity contribution in [2.45, 2.75) is 37.8 Å². The van der Waals surface area contributed by atoms with Crippen LogP contribution < -0.4 is 16.0 Å². The van der Waals surface area contributed by atoms with Gasteiger partial charge in [0.15, 0.2) is 0 Å². The minimum Gasteiger partial charge on any atom is -0.377 e. The van der Waals surface area contributed by atoms with Crippen molar-refractivity contribution in [3.8, 4) is 0 Å². The topological polar surface area (TPSA) is 96.3 Å².